The molecule has 0 saturated heterocycles. The zero-order chi connectivity index (χ0) is 73.4. The molecule has 5 atom stereocenters. The van der Waals surface area contributed by atoms with Gasteiger partial charge in [0.15, 0.2) is 5.78 Å². The summed E-state index contributed by atoms with van der Waals surface area (Å²) in [7, 11) is 0. The molecule has 1 aromatic heterocycles. The zero-order valence-corrected chi connectivity index (χ0v) is 61.4. The number of nitrogens with one attached hydrogen (secondary N) is 3. The number of Topliss-reactive ketones (excluding diaryl/α,β-unsaturated/α-hetero) is 5. The Morgan fingerprint density at radius 1 is 0.588 bits per heavy atom. The number of carbonyl (C=O) groups is 8. The first-order chi connectivity index (χ1) is 49.6. The number of nitrogens with two attached hydrogens (primary N) is 1. The van der Waals surface area contributed by atoms with Gasteiger partial charge >= 0.3 is 6.03 Å². The lowest BCUT2D eigenvalue weighted by Gasteiger charge is -2.26. The molecule has 0 spiro atoms. The van der Waals surface area contributed by atoms with Crippen LogP contribution in [0, 0.1) is 35.5 Å². The predicted octanol–water partition coefficient (Wildman–Crippen LogP) is 8.09. The third-order valence-electron chi connectivity index (χ3n) is 17.7. The predicted molar refractivity (Wildman–Crippen MR) is 383 cm³/mol. The number of urea groups is 1. The molecule has 0 aliphatic heterocycles. The number of ether oxygens (including phenoxy) is 10. The third-order valence-corrected chi connectivity index (χ3v) is 17.7. The van der Waals surface area contributed by atoms with Crippen molar-refractivity contribution < 1.29 is 85.7 Å². The van der Waals surface area contributed by atoms with Crippen LogP contribution in [0.15, 0.2) is 48.5 Å². The SMILES string of the molecule is CCCOCCOCCOCCOCCOCCn1nnc2c1CCCCCC2OCC(=O)NCCCC[C@@H](CC(=O)CCOCCOCCOCCOCCCC(=O)CCC(=O)C1Cc2ccccc2C#Cc2ccccc21)C(=O)N[C@H](C(=O)C[C@@H](CCCNC(N)=O)C(=O)C(C)C)C(C)C. The van der Waals surface area contributed by atoms with Crippen LogP contribution in [0.1, 0.15) is 189 Å². The molecule has 2 aliphatic rings. The summed E-state index contributed by atoms with van der Waals surface area (Å²) < 4.78 is 58.7. The number of rotatable bonds is 59. The largest absolute Gasteiger partial charge is 0.379 e. The third kappa shape index (κ3) is 35.2. The first-order valence-electron chi connectivity index (χ1n) is 37.2. The second-order valence-electron chi connectivity index (χ2n) is 26.5. The minimum absolute atomic E-state index is 0.0261. The van der Waals surface area contributed by atoms with Crippen molar-refractivity contribution in [2.24, 2.45) is 29.4 Å². The summed E-state index contributed by atoms with van der Waals surface area (Å²) in [6, 6.07) is 14.0. The first kappa shape index (κ1) is 85.9. The van der Waals surface area contributed by atoms with E-state index < -0.39 is 35.9 Å². The Hall–Kier alpha value is -6.70. The topological polar surface area (TPSA) is 322 Å². The lowest BCUT2D eigenvalue weighted by atomic mass is 9.82. The molecule has 0 fully saturated rings. The molecule has 5 rings (SSSR count). The number of amides is 4. The molecule has 2 aliphatic carbocycles. The van der Waals surface area contributed by atoms with Gasteiger partial charge in [0.2, 0.25) is 11.8 Å². The number of benzene rings is 2. The number of ketones is 5. The highest BCUT2D eigenvalue weighted by atomic mass is 16.6. The Kier molecular flexibility index (Phi) is 44.1. The Bertz CT molecular complexity index is 3020. The number of fused-ring (bicyclic) bond motifs is 3. The maximum absolute atomic E-state index is 14.2. The number of aromatic nitrogens is 3. The van der Waals surface area contributed by atoms with Crippen LogP contribution in [0.3, 0.4) is 0 Å². The van der Waals surface area contributed by atoms with Crippen LogP contribution in [0.5, 0.6) is 0 Å². The molecule has 0 saturated carbocycles. The number of unbranched alkanes of at least 4 members (excludes halogenated alkanes) is 1. The summed E-state index contributed by atoms with van der Waals surface area (Å²) in [5.74, 6) is 2.76. The monoisotopic (exact) mass is 1430 g/mol. The fourth-order valence-electron chi connectivity index (χ4n) is 12.1. The highest BCUT2D eigenvalue weighted by molar-refractivity contribution is 5.95. The molecule has 0 bridgehead atoms. The molecule has 568 valence electrons. The van der Waals surface area contributed by atoms with E-state index in [-0.39, 0.29) is 118 Å². The van der Waals surface area contributed by atoms with Crippen molar-refractivity contribution in [3.8, 4) is 11.8 Å². The number of carbonyl (C=O) groups excluding carboxylic acids is 8. The van der Waals surface area contributed by atoms with Gasteiger partial charge in [-0.25, -0.2) is 9.48 Å². The molecule has 0 radical (unpaired) electrons. The minimum atomic E-state index is -0.927. The second-order valence-corrected chi connectivity index (χ2v) is 26.5. The minimum Gasteiger partial charge on any atom is -0.379 e. The number of primary amides is 1. The van der Waals surface area contributed by atoms with Crippen LogP contribution in [0.25, 0.3) is 0 Å². The van der Waals surface area contributed by atoms with Crippen molar-refractivity contribution in [2.45, 2.75) is 181 Å². The second kappa shape index (κ2) is 52.3. The van der Waals surface area contributed by atoms with Gasteiger partial charge in [-0.2, -0.15) is 0 Å². The highest BCUT2D eigenvalue weighted by Crippen LogP contribution is 2.31. The summed E-state index contributed by atoms with van der Waals surface area (Å²) in [5, 5.41) is 17.4. The Morgan fingerprint density at radius 3 is 1.82 bits per heavy atom. The van der Waals surface area contributed by atoms with Crippen LogP contribution in [-0.4, -0.2) is 206 Å². The first-order valence-corrected chi connectivity index (χ1v) is 37.2. The zero-order valence-electron chi connectivity index (χ0n) is 61.4. The molecular formula is C77H117N7O18. The van der Waals surface area contributed by atoms with Crippen LogP contribution < -0.4 is 21.7 Å². The molecule has 3 aromatic rings. The molecule has 1 heterocycles. The van der Waals surface area contributed by atoms with Crippen molar-refractivity contribution >= 4 is 46.8 Å². The summed E-state index contributed by atoms with van der Waals surface area (Å²) in [6.45, 7) is 17.5. The van der Waals surface area contributed by atoms with Crippen LogP contribution in [0.2, 0.25) is 0 Å². The maximum Gasteiger partial charge on any atom is 0.312 e. The van der Waals surface area contributed by atoms with E-state index in [1.165, 1.54) is 0 Å². The number of hydrogen-bond acceptors (Lipinski definition) is 20. The van der Waals surface area contributed by atoms with E-state index in [4.69, 9.17) is 53.1 Å². The van der Waals surface area contributed by atoms with E-state index in [0.717, 1.165) is 72.4 Å². The summed E-state index contributed by atoms with van der Waals surface area (Å²) in [5.41, 5.74) is 10.6. The molecule has 102 heavy (non-hydrogen) atoms. The number of hydrogen-bond donors (Lipinski definition) is 4. The van der Waals surface area contributed by atoms with E-state index in [0.29, 0.717) is 163 Å². The molecule has 4 amide bonds. The van der Waals surface area contributed by atoms with Crippen molar-refractivity contribution in [1.82, 2.24) is 30.9 Å². The average Bonchev–Trinajstić information content (AvgIpc) is 1.76. The van der Waals surface area contributed by atoms with Gasteiger partial charge in [-0.3, -0.25) is 33.6 Å². The van der Waals surface area contributed by atoms with E-state index in [9.17, 15) is 38.4 Å². The Labute approximate surface area is 604 Å². The maximum atomic E-state index is 14.2. The standard InChI is InChI=1S/C77H117N7O18/c1-6-35-93-39-43-97-47-51-101-52-50-100-46-42-96-38-34-84-68-25-8-7-9-26-71(74(68)82-83-84)102-56-72(89)79-32-15-14-21-63(76(91)81-73(57(2)3)70(88)55-62(75(90)58(4)5)22-16-33-80-77(78)92)53-65(86)31-37-95-41-45-99-49-48-98-44-40-94-36-17-23-64(85)29-30-69(87)67-54-61-20-11-10-18-59(61)27-28-60-19-12-13-24-66(60)67/h10-13,18-20,24,57-58,62-63,67,71,73H,6-9,14-17,21-23,25-26,29-56H2,1-5H3,(H,79,89)(H,81,91)(H3,78,80,92)/t62-,63+,67?,71?,73+/m1/s1. The van der Waals surface area contributed by atoms with E-state index >= 15 is 0 Å². The van der Waals surface area contributed by atoms with Gasteiger partial charge < -0.3 is 69.1 Å². The van der Waals surface area contributed by atoms with Crippen molar-refractivity contribution in [3.63, 3.8) is 0 Å². The van der Waals surface area contributed by atoms with E-state index in [2.05, 4.69) is 45.0 Å². The van der Waals surface area contributed by atoms with Crippen LogP contribution in [0.4, 0.5) is 4.79 Å². The molecule has 2 aromatic carbocycles. The van der Waals surface area contributed by atoms with Gasteiger partial charge in [-0.1, -0.05) is 107 Å². The summed E-state index contributed by atoms with van der Waals surface area (Å²) >= 11 is 0. The van der Waals surface area contributed by atoms with Gasteiger partial charge in [0.25, 0.3) is 0 Å². The molecular weight excluding hydrogens is 1310 g/mol. The Morgan fingerprint density at radius 2 is 1.18 bits per heavy atom. The fraction of sp³-hybridized carbons (Fsp3) is 0.688. The molecule has 2 unspecified atom stereocenters. The van der Waals surface area contributed by atoms with Crippen LogP contribution >= 0.6 is 0 Å². The summed E-state index contributed by atoms with van der Waals surface area (Å²) in [6.07, 6.45) is 8.63. The lowest BCUT2D eigenvalue weighted by molar-refractivity contribution is -0.135. The lowest BCUT2D eigenvalue weighted by Crippen LogP contribution is -2.48. The van der Waals surface area contributed by atoms with Crippen molar-refractivity contribution in [2.75, 3.05) is 139 Å². The normalized spacial score (nSPS) is 15.1. The van der Waals surface area contributed by atoms with E-state index in [1.807, 2.05) is 67.1 Å². The van der Waals surface area contributed by atoms with Gasteiger partial charge in [0.05, 0.1) is 124 Å². The fourth-order valence-corrected chi connectivity index (χ4v) is 12.1. The van der Waals surface area contributed by atoms with Gasteiger partial charge in [-0.15, -0.1) is 5.10 Å². The van der Waals surface area contributed by atoms with Gasteiger partial charge in [-0.05, 0) is 93.4 Å². The quantitative estimate of drug-likeness (QED) is 0.0306. The summed E-state index contributed by atoms with van der Waals surface area (Å²) in [4.78, 5) is 106. The average molecular weight is 1430 g/mol. The number of nitrogens with zero attached hydrogens (tertiary/aromatic N) is 3. The molecule has 5 N–H and O–H groups in total. The van der Waals surface area contributed by atoms with Crippen LogP contribution in [-0.2, 0) is 100 Å². The Balaban J connectivity index is 0.981. The van der Waals surface area contributed by atoms with Gasteiger partial charge in [0.1, 0.15) is 41.5 Å². The smallest absolute Gasteiger partial charge is 0.312 e. The van der Waals surface area contributed by atoms with Gasteiger partial charge in [0, 0.05) is 99.6 Å². The van der Waals surface area contributed by atoms with E-state index in [1.54, 1.807) is 13.8 Å². The molecule has 25 nitrogen and oxygen atoms in total. The van der Waals surface area contributed by atoms with Crippen molar-refractivity contribution in [1.29, 1.82) is 0 Å². The van der Waals surface area contributed by atoms with Crippen molar-refractivity contribution in [3.05, 3.63) is 82.2 Å². The molecule has 25 heteroatoms. The highest BCUT2D eigenvalue weighted by Gasteiger charge is 2.33.